The number of thiazole rings is 1. The van der Waals surface area contributed by atoms with Gasteiger partial charge in [0.15, 0.2) is 4.34 Å². The van der Waals surface area contributed by atoms with Gasteiger partial charge in [0.2, 0.25) is 0 Å². The van der Waals surface area contributed by atoms with Gasteiger partial charge in [-0.2, -0.15) is 0 Å². The lowest BCUT2D eigenvalue weighted by atomic mass is 10.2. The molecule has 1 heterocycles. The summed E-state index contributed by atoms with van der Waals surface area (Å²) in [4.78, 5) is 16.1. The van der Waals surface area contributed by atoms with Crippen LogP contribution in [0.5, 0.6) is 0 Å². The molecular weight excluding hydrogens is 326 g/mol. The molecule has 0 saturated heterocycles. The van der Waals surface area contributed by atoms with Crippen molar-refractivity contribution < 1.29 is 9.53 Å². The number of nitrogens with zero attached hydrogens (tertiary/aromatic N) is 1. The Kier molecular flexibility index (Phi) is 6.08. The zero-order chi connectivity index (χ0) is 15.2. The molecule has 3 nitrogen and oxygen atoms in total. The molecule has 1 aromatic heterocycles. The van der Waals surface area contributed by atoms with Gasteiger partial charge in [-0.3, -0.25) is 4.79 Å². The van der Waals surface area contributed by atoms with Crippen molar-refractivity contribution in [3.05, 3.63) is 34.7 Å². The van der Waals surface area contributed by atoms with Gasteiger partial charge in [-0.05, 0) is 18.1 Å². The minimum absolute atomic E-state index is 0.197. The smallest absolute Gasteiger partial charge is 0.316 e. The third kappa shape index (κ3) is 5.34. The molecule has 0 unspecified atom stereocenters. The van der Waals surface area contributed by atoms with Gasteiger partial charge in [-0.25, -0.2) is 4.98 Å². The van der Waals surface area contributed by atoms with E-state index in [-0.39, 0.29) is 5.97 Å². The Morgan fingerprint density at radius 1 is 1.38 bits per heavy atom. The molecule has 0 amide bonds. The first kappa shape index (κ1) is 16.3. The lowest BCUT2D eigenvalue weighted by molar-refractivity contribution is -0.141. The van der Waals surface area contributed by atoms with Gasteiger partial charge in [0.05, 0.1) is 18.1 Å². The largest absolute Gasteiger partial charge is 0.465 e. The maximum atomic E-state index is 11.6. The topological polar surface area (TPSA) is 39.2 Å². The Bertz CT molecular complexity index is 596. The van der Waals surface area contributed by atoms with Crippen LogP contribution in [0, 0.1) is 5.92 Å². The third-order valence-electron chi connectivity index (χ3n) is 2.51. The average molecular weight is 342 g/mol. The Hall–Kier alpha value is -1.04. The summed E-state index contributed by atoms with van der Waals surface area (Å²) in [6.45, 7) is 4.49. The third-order valence-corrected chi connectivity index (χ3v) is 4.76. The van der Waals surface area contributed by atoms with E-state index < -0.39 is 0 Å². The van der Waals surface area contributed by atoms with E-state index in [9.17, 15) is 4.79 Å². The predicted octanol–water partition coefficient (Wildman–Crippen LogP) is 4.75. The summed E-state index contributed by atoms with van der Waals surface area (Å²) in [6, 6.07) is 7.55. The van der Waals surface area contributed by atoms with E-state index in [1.807, 2.05) is 43.5 Å². The lowest BCUT2D eigenvalue weighted by Gasteiger charge is -2.05. The molecule has 0 spiro atoms. The highest BCUT2D eigenvalue weighted by molar-refractivity contribution is 8.01. The second-order valence-electron chi connectivity index (χ2n) is 4.87. The minimum Gasteiger partial charge on any atom is -0.465 e. The zero-order valence-electron chi connectivity index (χ0n) is 11.8. The summed E-state index contributed by atoms with van der Waals surface area (Å²) in [5.74, 6) is 0.451. The molecule has 0 bridgehead atoms. The first-order valence-corrected chi connectivity index (χ1v) is 8.79. The summed E-state index contributed by atoms with van der Waals surface area (Å²) >= 11 is 8.80. The van der Waals surface area contributed by atoms with Crippen LogP contribution < -0.4 is 0 Å². The Labute approximate surface area is 137 Å². The second-order valence-corrected chi connectivity index (χ2v) is 7.39. The van der Waals surface area contributed by atoms with Gasteiger partial charge in [0.25, 0.3) is 0 Å². The fourth-order valence-electron chi connectivity index (χ4n) is 1.50. The number of thioether (sulfide) groups is 1. The SMILES string of the molecule is CC(C)COC(=O)CSc1nc(-c2ccc(Cl)cc2)cs1. The number of benzene rings is 1. The number of ether oxygens (including phenoxy) is 1. The summed E-state index contributed by atoms with van der Waals surface area (Å²) in [5, 5.41) is 2.68. The standard InChI is InChI=1S/C15H16ClNO2S2/c1-10(2)7-19-14(18)9-21-15-17-13(8-20-15)11-3-5-12(16)6-4-11/h3-6,8,10H,7,9H2,1-2H3. The van der Waals surface area contributed by atoms with Crippen LogP contribution in [0.3, 0.4) is 0 Å². The molecule has 0 aliphatic heterocycles. The molecule has 0 aliphatic rings. The van der Waals surface area contributed by atoms with Crippen LogP contribution >= 0.6 is 34.7 Å². The fourth-order valence-corrected chi connectivity index (χ4v) is 3.26. The molecule has 0 aliphatic carbocycles. The minimum atomic E-state index is -0.197. The average Bonchev–Trinajstić information content (AvgIpc) is 2.92. The van der Waals surface area contributed by atoms with Crippen LogP contribution in [0.25, 0.3) is 11.3 Å². The van der Waals surface area contributed by atoms with E-state index in [0.717, 1.165) is 15.6 Å². The zero-order valence-corrected chi connectivity index (χ0v) is 14.2. The summed E-state index contributed by atoms with van der Waals surface area (Å²) in [6.07, 6.45) is 0. The van der Waals surface area contributed by atoms with E-state index in [1.165, 1.54) is 23.1 Å². The highest BCUT2D eigenvalue weighted by Gasteiger charge is 2.09. The Morgan fingerprint density at radius 3 is 2.76 bits per heavy atom. The Balaban J connectivity index is 1.88. The molecule has 112 valence electrons. The maximum absolute atomic E-state index is 11.6. The molecule has 0 fully saturated rings. The molecule has 6 heteroatoms. The van der Waals surface area contributed by atoms with E-state index in [2.05, 4.69) is 4.98 Å². The van der Waals surface area contributed by atoms with Gasteiger partial charge in [-0.1, -0.05) is 49.3 Å². The molecule has 2 aromatic rings. The van der Waals surface area contributed by atoms with Crippen LogP contribution in [-0.2, 0) is 9.53 Å². The van der Waals surface area contributed by atoms with Crippen molar-refractivity contribution in [3.63, 3.8) is 0 Å². The van der Waals surface area contributed by atoms with Gasteiger partial charge < -0.3 is 4.74 Å². The highest BCUT2D eigenvalue weighted by Crippen LogP contribution is 2.28. The van der Waals surface area contributed by atoms with Gasteiger partial charge >= 0.3 is 5.97 Å². The second kappa shape index (κ2) is 7.82. The number of carbonyl (C=O) groups excluding carboxylic acids is 1. The van der Waals surface area contributed by atoms with Gasteiger partial charge in [-0.15, -0.1) is 11.3 Å². The van der Waals surface area contributed by atoms with Gasteiger partial charge in [0, 0.05) is 16.0 Å². The normalized spacial score (nSPS) is 10.9. The van der Waals surface area contributed by atoms with Crippen LogP contribution in [0.4, 0.5) is 0 Å². The number of hydrogen-bond donors (Lipinski definition) is 0. The van der Waals surface area contributed by atoms with Gasteiger partial charge in [0.1, 0.15) is 0 Å². The first-order valence-electron chi connectivity index (χ1n) is 6.54. The van der Waals surface area contributed by atoms with Crippen molar-refractivity contribution >= 4 is 40.7 Å². The monoisotopic (exact) mass is 341 g/mol. The van der Waals surface area contributed by atoms with Crippen molar-refractivity contribution in [2.45, 2.75) is 18.2 Å². The van der Waals surface area contributed by atoms with Crippen molar-refractivity contribution in [2.24, 2.45) is 5.92 Å². The van der Waals surface area contributed by atoms with Crippen LogP contribution in [0.2, 0.25) is 5.02 Å². The van der Waals surface area contributed by atoms with Crippen molar-refractivity contribution in [1.29, 1.82) is 0 Å². The first-order chi connectivity index (χ1) is 10.0. The lowest BCUT2D eigenvalue weighted by Crippen LogP contribution is -2.11. The molecule has 0 radical (unpaired) electrons. The number of hydrogen-bond acceptors (Lipinski definition) is 5. The van der Waals surface area contributed by atoms with E-state index in [4.69, 9.17) is 16.3 Å². The molecule has 0 N–H and O–H groups in total. The van der Waals surface area contributed by atoms with E-state index in [1.54, 1.807) is 0 Å². The number of esters is 1. The van der Waals surface area contributed by atoms with E-state index in [0.29, 0.717) is 23.3 Å². The highest BCUT2D eigenvalue weighted by atomic mass is 35.5. The molecule has 21 heavy (non-hydrogen) atoms. The molecule has 0 saturated carbocycles. The quantitative estimate of drug-likeness (QED) is 0.561. The van der Waals surface area contributed by atoms with Crippen LogP contribution in [-0.4, -0.2) is 23.3 Å². The van der Waals surface area contributed by atoms with Crippen LogP contribution in [0.1, 0.15) is 13.8 Å². The predicted molar refractivity (Wildman–Crippen MR) is 89.1 cm³/mol. The molecule has 1 aromatic carbocycles. The molecule has 2 rings (SSSR count). The summed E-state index contributed by atoms with van der Waals surface area (Å²) < 4.78 is 5.99. The number of halogens is 1. The summed E-state index contributed by atoms with van der Waals surface area (Å²) in [7, 11) is 0. The summed E-state index contributed by atoms with van der Waals surface area (Å²) in [5.41, 5.74) is 1.92. The number of carbonyl (C=O) groups is 1. The number of aromatic nitrogens is 1. The van der Waals surface area contributed by atoms with Crippen molar-refractivity contribution in [2.75, 3.05) is 12.4 Å². The molecular formula is C15H16ClNO2S2. The van der Waals surface area contributed by atoms with Crippen molar-refractivity contribution in [1.82, 2.24) is 4.98 Å². The number of rotatable bonds is 6. The maximum Gasteiger partial charge on any atom is 0.316 e. The Morgan fingerprint density at radius 2 is 2.10 bits per heavy atom. The fraction of sp³-hybridized carbons (Fsp3) is 0.333. The van der Waals surface area contributed by atoms with Crippen LogP contribution in [0.15, 0.2) is 34.0 Å². The van der Waals surface area contributed by atoms with Crippen molar-refractivity contribution in [3.8, 4) is 11.3 Å². The molecule has 0 atom stereocenters. The van der Waals surface area contributed by atoms with E-state index >= 15 is 0 Å².